The van der Waals surface area contributed by atoms with Crippen molar-refractivity contribution in [3.05, 3.63) is 35.9 Å². The molecule has 0 radical (unpaired) electrons. The maximum Gasteiger partial charge on any atom is 0.229 e. The number of ketones is 1. The molecule has 1 atom stereocenters. The van der Waals surface area contributed by atoms with E-state index in [4.69, 9.17) is 0 Å². The lowest BCUT2D eigenvalue weighted by Crippen LogP contribution is -2.41. The topological polar surface area (TPSA) is 37.4 Å². The van der Waals surface area contributed by atoms with E-state index in [9.17, 15) is 9.59 Å². The quantitative estimate of drug-likeness (QED) is 0.837. The number of hydrogen-bond acceptors (Lipinski definition) is 2. The molecule has 1 unspecified atom stereocenters. The van der Waals surface area contributed by atoms with Gasteiger partial charge in [0.2, 0.25) is 5.91 Å². The Balaban J connectivity index is 2.31. The van der Waals surface area contributed by atoms with Crippen LogP contribution < -0.4 is 0 Å². The number of carbonyl (C=O) groups excluding carboxylic acids is 2. The van der Waals surface area contributed by atoms with Crippen molar-refractivity contribution >= 4 is 11.7 Å². The molecule has 102 valence electrons. The SMILES string of the molecule is CCC(C)(C)C(=O)N1CCC(=O)C1c1ccccc1. The third-order valence-electron chi connectivity index (χ3n) is 4.05. The van der Waals surface area contributed by atoms with E-state index >= 15 is 0 Å². The van der Waals surface area contributed by atoms with Crippen molar-refractivity contribution < 1.29 is 9.59 Å². The zero-order chi connectivity index (χ0) is 14.0. The van der Waals surface area contributed by atoms with Gasteiger partial charge >= 0.3 is 0 Å². The first kappa shape index (κ1) is 13.8. The van der Waals surface area contributed by atoms with E-state index in [2.05, 4.69) is 0 Å². The first-order chi connectivity index (χ1) is 8.97. The first-order valence-corrected chi connectivity index (χ1v) is 6.86. The average molecular weight is 259 g/mol. The summed E-state index contributed by atoms with van der Waals surface area (Å²) in [4.78, 5) is 26.5. The summed E-state index contributed by atoms with van der Waals surface area (Å²) in [6, 6.07) is 9.20. The lowest BCUT2D eigenvalue weighted by Gasteiger charge is -2.32. The molecule has 1 fully saturated rings. The van der Waals surface area contributed by atoms with Gasteiger partial charge in [0.15, 0.2) is 5.78 Å². The van der Waals surface area contributed by atoms with Crippen LogP contribution in [0.4, 0.5) is 0 Å². The van der Waals surface area contributed by atoms with E-state index in [-0.39, 0.29) is 17.7 Å². The zero-order valence-corrected chi connectivity index (χ0v) is 11.8. The second kappa shape index (κ2) is 5.16. The zero-order valence-electron chi connectivity index (χ0n) is 11.8. The predicted octanol–water partition coefficient (Wildman–Crippen LogP) is 2.97. The predicted molar refractivity (Wildman–Crippen MR) is 74.6 cm³/mol. The molecule has 1 saturated heterocycles. The normalized spacial score (nSPS) is 19.8. The van der Waals surface area contributed by atoms with Crippen molar-refractivity contribution in [2.24, 2.45) is 5.41 Å². The van der Waals surface area contributed by atoms with E-state index in [0.717, 1.165) is 12.0 Å². The van der Waals surface area contributed by atoms with Gasteiger partial charge in [-0.15, -0.1) is 0 Å². The number of nitrogens with zero attached hydrogens (tertiary/aromatic N) is 1. The highest BCUT2D eigenvalue weighted by Crippen LogP contribution is 2.34. The van der Waals surface area contributed by atoms with Crippen molar-refractivity contribution in [1.82, 2.24) is 4.90 Å². The highest BCUT2D eigenvalue weighted by molar-refractivity contribution is 5.94. The molecule has 1 aliphatic rings. The monoisotopic (exact) mass is 259 g/mol. The smallest absolute Gasteiger partial charge is 0.229 e. The Hall–Kier alpha value is -1.64. The van der Waals surface area contributed by atoms with Gasteiger partial charge in [0.05, 0.1) is 0 Å². The molecular weight excluding hydrogens is 238 g/mol. The van der Waals surface area contributed by atoms with E-state index < -0.39 is 5.41 Å². The van der Waals surface area contributed by atoms with Crippen LogP contribution in [0.15, 0.2) is 30.3 Å². The molecule has 0 N–H and O–H groups in total. The highest BCUT2D eigenvalue weighted by Gasteiger charge is 2.41. The van der Waals surface area contributed by atoms with Crippen LogP contribution in [-0.4, -0.2) is 23.1 Å². The fraction of sp³-hybridized carbons (Fsp3) is 0.500. The van der Waals surface area contributed by atoms with Crippen LogP contribution in [0.3, 0.4) is 0 Å². The fourth-order valence-corrected chi connectivity index (χ4v) is 2.43. The number of carbonyl (C=O) groups is 2. The van der Waals surface area contributed by atoms with Crippen LogP contribution in [0.25, 0.3) is 0 Å². The van der Waals surface area contributed by atoms with Crippen LogP contribution in [-0.2, 0) is 9.59 Å². The van der Waals surface area contributed by atoms with Gasteiger partial charge in [-0.1, -0.05) is 51.1 Å². The van der Waals surface area contributed by atoms with Gasteiger partial charge in [-0.3, -0.25) is 9.59 Å². The molecule has 2 rings (SSSR count). The van der Waals surface area contributed by atoms with Gasteiger partial charge in [0.1, 0.15) is 6.04 Å². The summed E-state index contributed by atoms with van der Waals surface area (Å²) in [5.41, 5.74) is 0.516. The highest BCUT2D eigenvalue weighted by atomic mass is 16.2. The third kappa shape index (κ3) is 2.55. The summed E-state index contributed by atoms with van der Waals surface area (Å²) in [5, 5.41) is 0. The summed E-state index contributed by atoms with van der Waals surface area (Å²) >= 11 is 0. The molecule has 1 aliphatic heterocycles. The third-order valence-corrected chi connectivity index (χ3v) is 4.05. The summed E-state index contributed by atoms with van der Waals surface area (Å²) in [5.74, 6) is 0.223. The van der Waals surface area contributed by atoms with Crippen molar-refractivity contribution in [2.75, 3.05) is 6.54 Å². The molecule has 0 bridgehead atoms. The summed E-state index contributed by atoms with van der Waals surface area (Å²) in [6.07, 6.45) is 1.24. The van der Waals surface area contributed by atoms with Gasteiger partial charge in [0, 0.05) is 18.4 Å². The fourth-order valence-electron chi connectivity index (χ4n) is 2.43. The van der Waals surface area contributed by atoms with Crippen LogP contribution in [0.2, 0.25) is 0 Å². The minimum absolute atomic E-state index is 0.0784. The molecule has 19 heavy (non-hydrogen) atoms. The molecular formula is C16H21NO2. The molecule has 0 saturated carbocycles. The minimum atomic E-state index is -0.405. The van der Waals surface area contributed by atoms with E-state index in [1.54, 1.807) is 4.90 Å². The standard InChI is InChI=1S/C16H21NO2/c1-4-16(2,3)15(19)17-11-10-13(18)14(17)12-8-6-5-7-9-12/h5-9,14H,4,10-11H2,1-3H3. The van der Waals surface area contributed by atoms with Crippen LogP contribution in [0.1, 0.15) is 45.2 Å². The number of Topliss-reactive ketones (excluding diaryl/α,β-unsaturated/α-hetero) is 1. The van der Waals surface area contributed by atoms with Crippen LogP contribution in [0.5, 0.6) is 0 Å². The second-order valence-corrected chi connectivity index (χ2v) is 5.77. The number of rotatable bonds is 3. The van der Waals surface area contributed by atoms with Crippen molar-refractivity contribution in [1.29, 1.82) is 0 Å². The molecule has 1 aromatic rings. The molecule has 0 spiro atoms. The molecule has 0 aliphatic carbocycles. The Morgan fingerprint density at radius 3 is 2.53 bits per heavy atom. The van der Waals surface area contributed by atoms with Gasteiger partial charge in [-0.25, -0.2) is 0 Å². The largest absolute Gasteiger partial charge is 0.328 e. The lowest BCUT2D eigenvalue weighted by atomic mass is 9.88. The Labute approximate surface area is 114 Å². The van der Waals surface area contributed by atoms with Gasteiger partial charge in [0.25, 0.3) is 0 Å². The van der Waals surface area contributed by atoms with Gasteiger partial charge in [-0.05, 0) is 12.0 Å². The van der Waals surface area contributed by atoms with Crippen molar-refractivity contribution in [2.45, 2.75) is 39.7 Å². The Morgan fingerprint density at radius 1 is 1.32 bits per heavy atom. The molecule has 0 aromatic heterocycles. The molecule has 3 heteroatoms. The van der Waals surface area contributed by atoms with Gasteiger partial charge in [-0.2, -0.15) is 0 Å². The number of likely N-dealkylation sites (tertiary alicyclic amines) is 1. The minimum Gasteiger partial charge on any atom is -0.328 e. The Morgan fingerprint density at radius 2 is 1.95 bits per heavy atom. The lowest BCUT2D eigenvalue weighted by molar-refractivity contribution is -0.143. The number of benzene rings is 1. The molecule has 1 amide bonds. The Bertz CT molecular complexity index is 479. The number of amides is 1. The summed E-state index contributed by atoms with van der Waals surface area (Å²) < 4.78 is 0. The Kier molecular flexibility index (Phi) is 3.74. The summed E-state index contributed by atoms with van der Waals surface area (Å²) in [7, 11) is 0. The van der Waals surface area contributed by atoms with Crippen LogP contribution in [0, 0.1) is 5.41 Å². The second-order valence-electron chi connectivity index (χ2n) is 5.77. The van der Waals surface area contributed by atoms with Gasteiger partial charge < -0.3 is 4.90 Å². The molecule has 1 heterocycles. The van der Waals surface area contributed by atoms with Crippen molar-refractivity contribution in [3.8, 4) is 0 Å². The summed E-state index contributed by atoms with van der Waals surface area (Å²) in [6.45, 7) is 6.44. The average Bonchev–Trinajstić information content (AvgIpc) is 2.80. The van der Waals surface area contributed by atoms with Crippen molar-refractivity contribution in [3.63, 3.8) is 0 Å². The number of hydrogen-bond donors (Lipinski definition) is 0. The maximum atomic E-state index is 12.6. The molecule has 3 nitrogen and oxygen atoms in total. The maximum absolute atomic E-state index is 12.6. The van der Waals surface area contributed by atoms with Crippen LogP contribution >= 0.6 is 0 Å². The van der Waals surface area contributed by atoms with E-state index in [1.807, 2.05) is 51.1 Å². The van der Waals surface area contributed by atoms with E-state index in [0.29, 0.717) is 13.0 Å². The van der Waals surface area contributed by atoms with E-state index in [1.165, 1.54) is 0 Å². The molecule has 1 aromatic carbocycles. The first-order valence-electron chi connectivity index (χ1n) is 6.86.